The van der Waals surface area contributed by atoms with Crippen LogP contribution < -0.4 is 0 Å². The highest BCUT2D eigenvalue weighted by Gasteiger charge is 2.34. The molecule has 0 amide bonds. The number of carbonyl (C=O) groups is 1. The fourth-order valence-electron chi connectivity index (χ4n) is 4.21. The van der Waals surface area contributed by atoms with E-state index in [0.717, 1.165) is 37.0 Å². The van der Waals surface area contributed by atoms with E-state index in [1.54, 1.807) is 0 Å². The third kappa shape index (κ3) is 3.33. The lowest BCUT2D eigenvalue weighted by atomic mass is 9.70. The number of hydrogen-bond acceptors (Lipinski definition) is 1. The third-order valence-corrected chi connectivity index (χ3v) is 4.92. The molecule has 0 saturated heterocycles. The first-order chi connectivity index (χ1) is 8.06. The molecule has 2 saturated carbocycles. The minimum Gasteiger partial charge on any atom is -0.299 e. The topological polar surface area (TPSA) is 17.1 Å². The molecule has 2 aliphatic carbocycles. The van der Waals surface area contributed by atoms with E-state index in [2.05, 4.69) is 20.8 Å². The van der Waals surface area contributed by atoms with Gasteiger partial charge in [0, 0.05) is 11.8 Å². The Morgan fingerprint density at radius 2 is 1.35 bits per heavy atom. The molecule has 0 N–H and O–H groups in total. The highest BCUT2D eigenvalue weighted by Crippen LogP contribution is 2.38. The van der Waals surface area contributed by atoms with Gasteiger partial charge in [0.25, 0.3) is 0 Å². The number of rotatable bonds is 2. The molecular weight excluding hydrogens is 208 g/mol. The zero-order chi connectivity index (χ0) is 12.4. The van der Waals surface area contributed by atoms with Gasteiger partial charge in [-0.2, -0.15) is 0 Å². The Morgan fingerprint density at radius 1 is 0.765 bits per heavy atom. The van der Waals surface area contributed by atoms with Gasteiger partial charge in [0.1, 0.15) is 5.78 Å². The molecule has 98 valence electrons. The SMILES string of the molecule is CC1CCCC(C(=O)C2CC(C)CC(C)C2)C1. The lowest BCUT2D eigenvalue weighted by molar-refractivity contribution is -0.130. The Balaban J connectivity index is 1.94. The van der Waals surface area contributed by atoms with Crippen LogP contribution in [0.5, 0.6) is 0 Å². The molecule has 1 nitrogen and oxygen atoms in total. The molecule has 2 rings (SSSR count). The number of carbonyl (C=O) groups excluding carboxylic acids is 1. The lowest BCUT2D eigenvalue weighted by Gasteiger charge is -2.34. The summed E-state index contributed by atoms with van der Waals surface area (Å²) in [6, 6.07) is 0. The monoisotopic (exact) mass is 236 g/mol. The maximum absolute atomic E-state index is 12.6. The van der Waals surface area contributed by atoms with Crippen molar-refractivity contribution >= 4 is 5.78 Å². The van der Waals surface area contributed by atoms with Gasteiger partial charge >= 0.3 is 0 Å². The Kier molecular flexibility index (Phi) is 4.27. The zero-order valence-corrected chi connectivity index (χ0v) is 11.7. The van der Waals surface area contributed by atoms with Crippen molar-refractivity contribution in [1.29, 1.82) is 0 Å². The molecule has 0 aromatic heterocycles. The van der Waals surface area contributed by atoms with Crippen molar-refractivity contribution in [2.24, 2.45) is 29.6 Å². The second-order valence-corrected chi connectivity index (χ2v) is 6.99. The lowest BCUT2D eigenvalue weighted by Crippen LogP contribution is -2.32. The largest absolute Gasteiger partial charge is 0.299 e. The molecule has 0 aromatic carbocycles. The smallest absolute Gasteiger partial charge is 0.139 e. The van der Waals surface area contributed by atoms with E-state index >= 15 is 0 Å². The number of hydrogen-bond donors (Lipinski definition) is 0. The van der Waals surface area contributed by atoms with Crippen molar-refractivity contribution < 1.29 is 4.79 Å². The number of Topliss-reactive ketones (excluding diaryl/α,β-unsaturated/α-hetero) is 1. The predicted octanol–water partition coefficient (Wildman–Crippen LogP) is 4.45. The minimum atomic E-state index is 0.393. The van der Waals surface area contributed by atoms with E-state index < -0.39 is 0 Å². The molecule has 1 heteroatoms. The van der Waals surface area contributed by atoms with Crippen LogP contribution in [0.1, 0.15) is 65.7 Å². The molecular formula is C16H28O. The van der Waals surface area contributed by atoms with Crippen molar-refractivity contribution in [2.45, 2.75) is 65.7 Å². The van der Waals surface area contributed by atoms with Crippen LogP contribution in [0.25, 0.3) is 0 Å². The van der Waals surface area contributed by atoms with Crippen LogP contribution in [-0.2, 0) is 4.79 Å². The molecule has 0 heterocycles. The summed E-state index contributed by atoms with van der Waals surface area (Å²) < 4.78 is 0. The molecule has 4 unspecified atom stereocenters. The predicted molar refractivity (Wildman–Crippen MR) is 71.8 cm³/mol. The highest BCUT2D eigenvalue weighted by atomic mass is 16.1. The van der Waals surface area contributed by atoms with Gasteiger partial charge in [-0.25, -0.2) is 0 Å². The van der Waals surface area contributed by atoms with Gasteiger partial charge in [0.15, 0.2) is 0 Å². The summed E-state index contributed by atoms with van der Waals surface area (Å²) in [7, 11) is 0. The van der Waals surface area contributed by atoms with Crippen molar-refractivity contribution in [3.05, 3.63) is 0 Å². The van der Waals surface area contributed by atoms with Crippen molar-refractivity contribution in [3.8, 4) is 0 Å². The fourth-order valence-corrected chi connectivity index (χ4v) is 4.21. The molecule has 4 atom stereocenters. The quantitative estimate of drug-likeness (QED) is 0.692. The first-order valence-electron chi connectivity index (χ1n) is 7.60. The van der Waals surface area contributed by atoms with Crippen LogP contribution in [-0.4, -0.2) is 5.78 Å². The van der Waals surface area contributed by atoms with Crippen molar-refractivity contribution in [2.75, 3.05) is 0 Å². The summed E-state index contributed by atoms with van der Waals surface area (Å²) in [6.07, 6.45) is 8.59. The molecule has 2 aliphatic rings. The number of ketones is 1. The Bertz CT molecular complexity index is 261. The average Bonchev–Trinajstić information content (AvgIpc) is 2.26. The maximum Gasteiger partial charge on any atom is 0.139 e. The van der Waals surface area contributed by atoms with E-state index in [1.807, 2.05) is 0 Å². The molecule has 0 aromatic rings. The minimum absolute atomic E-state index is 0.393. The summed E-state index contributed by atoms with van der Waals surface area (Å²) in [4.78, 5) is 12.6. The van der Waals surface area contributed by atoms with E-state index in [-0.39, 0.29) is 0 Å². The first-order valence-corrected chi connectivity index (χ1v) is 7.60. The van der Waals surface area contributed by atoms with Gasteiger partial charge in [-0.3, -0.25) is 4.79 Å². The van der Waals surface area contributed by atoms with Gasteiger partial charge < -0.3 is 0 Å². The van der Waals surface area contributed by atoms with Gasteiger partial charge in [-0.15, -0.1) is 0 Å². The second kappa shape index (κ2) is 5.54. The van der Waals surface area contributed by atoms with Crippen LogP contribution in [0.2, 0.25) is 0 Å². The summed E-state index contributed by atoms with van der Waals surface area (Å²) in [6.45, 7) is 6.95. The van der Waals surface area contributed by atoms with Crippen LogP contribution in [0.15, 0.2) is 0 Å². The second-order valence-electron chi connectivity index (χ2n) is 6.99. The Hall–Kier alpha value is -0.330. The van der Waals surface area contributed by atoms with Crippen LogP contribution in [0.3, 0.4) is 0 Å². The van der Waals surface area contributed by atoms with Crippen LogP contribution >= 0.6 is 0 Å². The van der Waals surface area contributed by atoms with Crippen LogP contribution in [0.4, 0.5) is 0 Å². The standard InChI is InChI=1S/C16H28O/c1-11-5-4-6-14(8-11)16(17)15-9-12(2)7-13(3)10-15/h11-15H,4-10H2,1-3H3. The normalized spacial score (nSPS) is 43.4. The maximum atomic E-state index is 12.6. The summed E-state index contributed by atoms with van der Waals surface area (Å²) in [5.41, 5.74) is 0. The van der Waals surface area contributed by atoms with Gasteiger partial charge in [-0.1, -0.05) is 33.6 Å². The molecule has 17 heavy (non-hydrogen) atoms. The van der Waals surface area contributed by atoms with Crippen molar-refractivity contribution in [3.63, 3.8) is 0 Å². The van der Waals surface area contributed by atoms with Gasteiger partial charge in [0.05, 0.1) is 0 Å². The molecule has 0 spiro atoms. The first kappa shape index (κ1) is 13.1. The molecule has 0 aliphatic heterocycles. The molecule has 0 radical (unpaired) electrons. The molecule has 2 fully saturated rings. The van der Waals surface area contributed by atoms with E-state index in [0.29, 0.717) is 17.6 Å². The van der Waals surface area contributed by atoms with Gasteiger partial charge in [-0.05, 0) is 49.9 Å². The van der Waals surface area contributed by atoms with E-state index in [1.165, 1.54) is 25.7 Å². The third-order valence-electron chi connectivity index (χ3n) is 4.92. The Morgan fingerprint density at radius 3 is 1.94 bits per heavy atom. The van der Waals surface area contributed by atoms with Crippen LogP contribution in [0, 0.1) is 29.6 Å². The molecule has 0 bridgehead atoms. The van der Waals surface area contributed by atoms with Gasteiger partial charge in [0.2, 0.25) is 0 Å². The van der Waals surface area contributed by atoms with E-state index in [4.69, 9.17) is 0 Å². The van der Waals surface area contributed by atoms with E-state index in [9.17, 15) is 4.79 Å². The summed E-state index contributed by atoms with van der Waals surface area (Å²) in [5, 5.41) is 0. The average molecular weight is 236 g/mol. The van der Waals surface area contributed by atoms with Crippen molar-refractivity contribution in [1.82, 2.24) is 0 Å². The fraction of sp³-hybridized carbons (Fsp3) is 0.938. The zero-order valence-electron chi connectivity index (χ0n) is 11.7. The Labute approximate surface area is 106 Å². The highest BCUT2D eigenvalue weighted by molar-refractivity contribution is 5.83. The summed E-state index contributed by atoms with van der Waals surface area (Å²) >= 11 is 0. The summed E-state index contributed by atoms with van der Waals surface area (Å²) in [5.74, 6) is 3.71.